The van der Waals surface area contributed by atoms with Crippen molar-refractivity contribution < 1.29 is 14.3 Å². The van der Waals surface area contributed by atoms with Crippen molar-refractivity contribution in [3.05, 3.63) is 12.2 Å². The lowest BCUT2D eigenvalue weighted by Crippen LogP contribution is -2.32. The van der Waals surface area contributed by atoms with E-state index in [1.54, 1.807) is 13.0 Å². The summed E-state index contributed by atoms with van der Waals surface area (Å²) in [7, 11) is 0. The van der Waals surface area contributed by atoms with E-state index in [0.29, 0.717) is 6.61 Å². The van der Waals surface area contributed by atoms with Crippen molar-refractivity contribution in [3.63, 3.8) is 0 Å². The molecule has 3 nitrogen and oxygen atoms in total. The van der Waals surface area contributed by atoms with E-state index < -0.39 is 6.29 Å². The van der Waals surface area contributed by atoms with Crippen LogP contribution in [0.2, 0.25) is 0 Å². The van der Waals surface area contributed by atoms with Gasteiger partial charge >= 0.3 is 5.97 Å². The van der Waals surface area contributed by atoms with Crippen molar-refractivity contribution in [2.45, 2.75) is 33.0 Å². The van der Waals surface area contributed by atoms with Crippen molar-refractivity contribution >= 4 is 5.97 Å². The van der Waals surface area contributed by atoms with Crippen molar-refractivity contribution in [3.8, 4) is 35.5 Å². The standard InChI is InChI=1S/C16H16O3/c1-3-4-5-6-7-8-9-11-15-12-10-13-18-16(15)19-14(2)17/h9,11,15-16H,10,12-13H2,1-2H3/b11-9+/t15-,16+/m1/s1. The Morgan fingerprint density at radius 1 is 1.32 bits per heavy atom. The number of esters is 1. The molecule has 98 valence electrons. The molecule has 0 aromatic rings. The van der Waals surface area contributed by atoms with Gasteiger partial charge in [0.1, 0.15) is 0 Å². The van der Waals surface area contributed by atoms with Gasteiger partial charge in [0.15, 0.2) is 0 Å². The molecular weight excluding hydrogens is 240 g/mol. The molecule has 1 saturated heterocycles. The lowest BCUT2D eigenvalue weighted by Gasteiger charge is -2.28. The number of carbonyl (C=O) groups is 1. The van der Waals surface area contributed by atoms with Gasteiger partial charge < -0.3 is 9.47 Å². The van der Waals surface area contributed by atoms with Crippen LogP contribution in [0.3, 0.4) is 0 Å². The highest BCUT2D eigenvalue weighted by Gasteiger charge is 2.26. The van der Waals surface area contributed by atoms with Gasteiger partial charge in [0.05, 0.1) is 6.61 Å². The summed E-state index contributed by atoms with van der Waals surface area (Å²) in [5.41, 5.74) is 0. The van der Waals surface area contributed by atoms with E-state index in [4.69, 9.17) is 9.47 Å². The Morgan fingerprint density at radius 2 is 2.11 bits per heavy atom. The second kappa shape index (κ2) is 8.87. The minimum absolute atomic E-state index is 0.0512. The van der Waals surface area contributed by atoms with E-state index in [2.05, 4.69) is 35.5 Å². The molecule has 0 amide bonds. The van der Waals surface area contributed by atoms with Crippen LogP contribution < -0.4 is 0 Å². The zero-order chi connectivity index (χ0) is 13.9. The summed E-state index contributed by atoms with van der Waals surface area (Å²) in [5.74, 6) is 15.7. The summed E-state index contributed by atoms with van der Waals surface area (Å²) in [6.07, 6.45) is 4.98. The third-order valence-corrected chi connectivity index (χ3v) is 2.41. The number of ether oxygens (including phenoxy) is 2. The molecule has 3 heteroatoms. The molecule has 0 aromatic carbocycles. The van der Waals surface area contributed by atoms with E-state index in [-0.39, 0.29) is 11.9 Å². The van der Waals surface area contributed by atoms with Crippen LogP contribution in [0.5, 0.6) is 0 Å². The topological polar surface area (TPSA) is 35.5 Å². The van der Waals surface area contributed by atoms with E-state index in [1.807, 2.05) is 6.08 Å². The van der Waals surface area contributed by atoms with Gasteiger partial charge in [0.25, 0.3) is 0 Å². The maximum atomic E-state index is 10.9. The number of carbonyl (C=O) groups excluding carboxylic acids is 1. The fourth-order valence-electron chi connectivity index (χ4n) is 1.62. The number of rotatable bonds is 2. The summed E-state index contributed by atoms with van der Waals surface area (Å²) in [6, 6.07) is 0. The SMILES string of the molecule is CC#CC#CC#C/C=C/[C@@H]1CCCO[C@H]1OC(C)=O. The molecule has 1 aliphatic heterocycles. The van der Waals surface area contributed by atoms with E-state index in [9.17, 15) is 4.79 Å². The monoisotopic (exact) mass is 256 g/mol. The summed E-state index contributed by atoms with van der Waals surface area (Å²) in [4.78, 5) is 10.9. The molecule has 1 heterocycles. The van der Waals surface area contributed by atoms with Crippen molar-refractivity contribution in [1.29, 1.82) is 0 Å². The Kier molecular flexibility index (Phi) is 6.96. The van der Waals surface area contributed by atoms with Crippen molar-refractivity contribution in [2.24, 2.45) is 5.92 Å². The maximum Gasteiger partial charge on any atom is 0.304 e. The predicted octanol–water partition coefficient (Wildman–Crippen LogP) is 1.89. The summed E-state index contributed by atoms with van der Waals surface area (Å²) >= 11 is 0. The molecule has 0 saturated carbocycles. The van der Waals surface area contributed by atoms with Gasteiger partial charge in [-0.15, -0.1) is 0 Å². The number of hydrogen-bond acceptors (Lipinski definition) is 3. The minimum atomic E-state index is -0.499. The third kappa shape index (κ3) is 6.37. The Balaban J connectivity index is 2.54. The molecule has 0 bridgehead atoms. The summed E-state index contributed by atoms with van der Waals surface area (Å²) < 4.78 is 10.5. The Morgan fingerprint density at radius 3 is 2.84 bits per heavy atom. The molecule has 2 atom stereocenters. The van der Waals surface area contributed by atoms with Gasteiger partial charge in [0, 0.05) is 12.8 Å². The van der Waals surface area contributed by atoms with Crippen LogP contribution in [0, 0.1) is 41.4 Å². The zero-order valence-corrected chi connectivity index (χ0v) is 11.2. The van der Waals surface area contributed by atoms with E-state index in [1.165, 1.54) is 6.92 Å². The van der Waals surface area contributed by atoms with Crippen LogP contribution in [-0.4, -0.2) is 18.9 Å². The summed E-state index contributed by atoms with van der Waals surface area (Å²) in [5, 5.41) is 0. The molecule has 0 radical (unpaired) electrons. The smallest absolute Gasteiger partial charge is 0.304 e. The highest BCUT2D eigenvalue weighted by molar-refractivity contribution is 5.66. The van der Waals surface area contributed by atoms with Crippen molar-refractivity contribution in [1.82, 2.24) is 0 Å². The first-order chi connectivity index (χ1) is 9.24. The van der Waals surface area contributed by atoms with Crippen LogP contribution in [0.4, 0.5) is 0 Å². The Bertz CT molecular complexity index is 511. The maximum absolute atomic E-state index is 10.9. The second-order valence-electron chi connectivity index (χ2n) is 3.91. The average molecular weight is 256 g/mol. The fraction of sp³-hybridized carbons (Fsp3) is 0.438. The van der Waals surface area contributed by atoms with Crippen LogP contribution in [-0.2, 0) is 14.3 Å². The van der Waals surface area contributed by atoms with E-state index >= 15 is 0 Å². The van der Waals surface area contributed by atoms with Gasteiger partial charge in [-0.3, -0.25) is 4.79 Å². The molecule has 1 rings (SSSR count). The normalized spacial score (nSPS) is 21.2. The van der Waals surface area contributed by atoms with Gasteiger partial charge in [0.2, 0.25) is 6.29 Å². The molecule has 0 aromatic heterocycles. The fourth-order valence-corrected chi connectivity index (χ4v) is 1.62. The van der Waals surface area contributed by atoms with E-state index in [0.717, 1.165) is 12.8 Å². The van der Waals surface area contributed by atoms with Crippen LogP contribution in [0.25, 0.3) is 0 Å². The molecule has 0 unspecified atom stereocenters. The van der Waals surface area contributed by atoms with Crippen LogP contribution in [0.15, 0.2) is 12.2 Å². The molecule has 19 heavy (non-hydrogen) atoms. The average Bonchev–Trinajstić information content (AvgIpc) is 2.39. The molecular formula is C16H16O3. The van der Waals surface area contributed by atoms with Crippen molar-refractivity contribution in [2.75, 3.05) is 6.61 Å². The summed E-state index contributed by atoms with van der Waals surface area (Å²) in [6.45, 7) is 3.72. The quantitative estimate of drug-likeness (QED) is 0.559. The molecule has 0 spiro atoms. The van der Waals surface area contributed by atoms with Crippen LogP contribution >= 0.6 is 0 Å². The lowest BCUT2D eigenvalue weighted by atomic mass is 10.00. The second-order valence-corrected chi connectivity index (χ2v) is 3.91. The largest absolute Gasteiger partial charge is 0.435 e. The number of hydrogen-bond donors (Lipinski definition) is 0. The zero-order valence-electron chi connectivity index (χ0n) is 11.2. The van der Waals surface area contributed by atoms with Gasteiger partial charge in [-0.2, -0.15) is 0 Å². The van der Waals surface area contributed by atoms with Crippen LogP contribution in [0.1, 0.15) is 26.7 Å². The first-order valence-corrected chi connectivity index (χ1v) is 6.12. The molecule has 1 aliphatic rings. The van der Waals surface area contributed by atoms with Gasteiger partial charge in [-0.05, 0) is 49.5 Å². The molecule has 0 aliphatic carbocycles. The lowest BCUT2D eigenvalue weighted by molar-refractivity contribution is -0.194. The predicted molar refractivity (Wildman–Crippen MR) is 72.4 cm³/mol. The third-order valence-electron chi connectivity index (χ3n) is 2.41. The first-order valence-electron chi connectivity index (χ1n) is 6.12. The van der Waals surface area contributed by atoms with Gasteiger partial charge in [-0.1, -0.05) is 17.9 Å². The highest BCUT2D eigenvalue weighted by Crippen LogP contribution is 2.23. The Hall–Kier alpha value is -2.15. The number of allylic oxidation sites excluding steroid dienone is 1. The molecule has 1 fully saturated rings. The Labute approximate surface area is 114 Å². The van der Waals surface area contributed by atoms with Gasteiger partial charge in [-0.25, -0.2) is 0 Å². The molecule has 0 N–H and O–H groups in total. The highest BCUT2D eigenvalue weighted by atomic mass is 16.7. The first kappa shape index (κ1) is 14.9. The minimum Gasteiger partial charge on any atom is -0.435 e.